The molecular formula is C16H17N3O5S. The van der Waals surface area contributed by atoms with Gasteiger partial charge >= 0.3 is 0 Å². The van der Waals surface area contributed by atoms with Crippen LogP contribution in [0.3, 0.4) is 0 Å². The molecule has 8 nitrogen and oxygen atoms in total. The summed E-state index contributed by atoms with van der Waals surface area (Å²) in [5.41, 5.74) is 1.58. The highest BCUT2D eigenvalue weighted by Crippen LogP contribution is 2.32. The van der Waals surface area contributed by atoms with Crippen molar-refractivity contribution in [3.05, 3.63) is 44.9 Å². The van der Waals surface area contributed by atoms with Crippen molar-refractivity contribution in [1.29, 1.82) is 0 Å². The molecule has 0 fully saturated rings. The van der Waals surface area contributed by atoms with Crippen molar-refractivity contribution in [2.24, 2.45) is 18.1 Å². The number of allylic oxidation sites excluding steroid dienone is 4. The minimum absolute atomic E-state index is 0.0392. The Labute approximate surface area is 145 Å². The number of aryl methyl sites for hydroxylation is 1. The standard InChI is InChI=1S/C16H17N3O5S/c1-8-10(15(20)11-7-17-19(3)16(11)21)6-13(25(22)23)9(2)14(8)12-4-5-24-18-12/h6-7,9,17H,4-5H2,1-3H3. The van der Waals surface area contributed by atoms with Crippen LogP contribution in [-0.4, -0.2) is 41.2 Å². The number of hydrogen-bond acceptors (Lipinski definition) is 6. The third kappa shape index (κ3) is 2.80. The van der Waals surface area contributed by atoms with E-state index >= 15 is 0 Å². The Morgan fingerprint density at radius 1 is 1.44 bits per heavy atom. The molecule has 1 aromatic heterocycles. The quantitative estimate of drug-likeness (QED) is 0.625. The van der Waals surface area contributed by atoms with Crippen molar-refractivity contribution in [3.63, 3.8) is 0 Å². The summed E-state index contributed by atoms with van der Waals surface area (Å²) in [5, 5.41) is 6.62. The minimum atomic E-state index is -2.49. The van der Waals surface area contributed by atoms with Crippen LogP contribution in [0.1, 0.15) is 30.6 Å². The maximum absolute atomic E-state index is 12.9. The van der Waals surface area contributed by atoms with Crippen LogP contribution in [-0.2, 0) is 22.2 Å². The smallest absolute Gasteiger partial charge is 0.277 e. The number of aromatic amines is 1. The van der Waals surface area contributed by atoms with Gasteiger partial charge in [0.1, 0.15) is 12.2 Å². The van der Waals surface area contributed by atoms with Crippen LogP contribution in [0.15, 0.2) is 38.9 Å². The van der Waals surface area contributed by atoms with E-state index in [0.29, 0.717) is 29.9 Å². The summed E-state index contributed by atoms with van der Waals surface area (Å²) >= 11 is 0. The van der Waals surface area contributed by atoms with E-state index in [0.717, 1.165) is 0 Å². The Morgan fingerprint density at radius 3 is 2.68 bits per heavy atom. The fourth-order valence-corrected chi connectivity index (χ4v) is 3.77. The number of H-pyrrole nitrogens is 1. The molecule has 1 unspecified atom stereocenters. The number of ketones is 1. The van der Waals surface area contributed by atoms with E-state index in [1.54, 1.807) is 13.8 Å². The molecule has 0 radical (unpaired) electrons. The third-order valence-corrected chi connectivity index (χ3v) is 5.35. The van der Waals surface area contributed by atoms with Gasteiger partial charge in [-0.1, -0.05) is 12.1 Å². The van der Waals surface area contributed by atoms with Gasteiger partial charge in [-0.15, -0.1) is 0 Å². The van der Waals surface area contributed by atoms with Crippen LogP contribution in [0.25, 0.3) is 0 Å². The van der Waals surface area contributed by atoms with Crippen LogP contribution < -0.4 is 5.56 Å². The first-order chi connectivity index (χ1) is 11.8. The molecule has 0 saturated carbocycles. The molecule has 1 aliphatic heterocycles. The summed E-state index contributed by atoms with van der Waals surface area (Å²) in [6.07, 6.45) is 3.21. The van der Waals surface area contributed by atoms with E-state index in [1.165, 1.54) is 24.0 Å². The number of aromatic nitrogens is 2. The maximum Gasteiger partial charge on any atom is 0.277 e. The van der Waals surface area contributed by atoms with Gasteiger partial charge in [0.05, 0.1) is 10.6 Å². The minimum Gasteiger partial charge on any atom is -0.395 e. The van der Waals surface area contributed by atoms with Crippen LogP contribution in [0.4, 0.5) is 0 Å². The zero-order chi connectivity index (χ0) is 18.3. The molecule has 3 rings (SSSR count). The predicted octanol–water partition coefficient (Wildman–Crippen LogP) is 0.617. The van der Waals surface area contributed by atoms with Gasteiger partial charge in [-0.25, -0.2) is 0 Å². The molecule has 2 heterocycles. The summed E-state index contributed by atoms with van der Waals surface area (Å²) < 4.78 is 24.5. The van der Waals surface area contributed by atoms with Gasteiger partial charge < -0.3 is 9.94 Å². The Morgan fingerprint density at radius 2 is 2.16 bits per heavy atom. The highest BCUT2D eigenvalue weighted by Gasteiger charge is 2.33. The van der Waals surface area contributed by atoms with E-state index < -0.39 is 27.6 Å². The fourth-order valence-electron chi connectivity index (χ4n) is 3.15. The number of carbonyl (C=O) groups is 1. The fraction of sp³-hybridized carbons (Fsp3) is 0.375. The average Bonchev–Trinajstić information content (AvgIpc) is 3.18. The van der Waals surface area contributed by atoms with Crippen molar-refractivity contribution >= 4 is 26.7 Å². The highest BCUT2D eigenvalue weighted by molar-refractivity contribution is 7.73. The monoisotopic (exact) mass is 363 g/mol. The maximum atomic E-state index is 12.9. The van der Waals surface area contributed by atoms with Crippen LogP contribution in [0.2, 0.25) is 0 Å². The molecular weight excluding hydrogens is 346 g/mol. The first-order valence-electron chi connectivity index (χ1n) is 7.70. The molecule has 1 atom stereocenters. The van der Waals surface area contributed by atoms with Crippen molar-refractivity contribution in [2.75, 3.05) is 6.61 Å². The lowest BCUT2D eigenvalue weighted by atomic mass is 9.79. The summed E-state index contributed by atoms with van der Waals surface area (Å²) in [4.78, 5) is 30.1. The molecule has 0 aromatic carbocycles. The topological polar surface area (TPSA) is 111 Å². The predicted molar refractivity (Wildman–Crippen MR) is 92.2 cm³/mol. The van der Waals surface area contributed by atoms with Gasteiger partial charge in [0.2, 0.25) is 10.3 Å². The number of nitrogens with zero attached hydrogens (tertiary/aromatic N) is 2. The molecule has 2 aliphatic rings. The van der Waals surface area contributed by atoms with Crippen molar-refractivity contribution < 1.29 is 18.0 Å². The van der Waals surface area contributed by atoms with Crippen molar-refractivity contribution in [2.45, 2.75) is 20.3 Å². The van der Waals surface area contributed by atoms with Gasteiger partial charge in [0.15, 0.2) is 5.78 Å². The summed E-state index contributed by atoms with van der Waals surface area (Å²) in [6, 6.07) is 0. The molecule has 0 saturated heterocycles. The molecule has 0 spiro atoms. The number of hydrogen-bond donors (Lipinski definition) is 1. The van der Waals surface area contributed by atoms with Crippen LogP contribution in [0.5, 0.6) is 0 Å². The lowest BCUT2D eigenvalue weighted by molar-refractivity contribution is 0.103. The second-order valence-corrected chi connectivity index (χ2v) is 6.90. The molecule has 1 N–H and O–H groups in total. The zero-order valence-corrected chi connectivity index (χ0v) is 14.8. The summed E-state index contributed by atoms with van der Waals surface area (Å²) in [7, 11) is -0.995. The SMILES string of the molecule is CC1=C(C2=NOCC2)C(C)C(=S(=O)=O)C=C1C(=O)c1c[nH]n(C)c1=O. The van der Waals surface area contributed by atoms with Crippen LogP contribution in [0, 0.1) is 5.92 Å². The Hall–Kier alpha value is -2.68. The Bertz CT molecular complexity index is 1040. The van der Waals surface area contributed by atoms with Gasteiger partial charge in [-0.3, -0.25) is 14.3 Å². The zero-order valence-electron chi connectivity index (χ0n) is 14.0. The van der Waals surface area contributed by atoms with E-state index in [4.69, 9.17) is 4.84 Å². The Kier molecular flexibility index (Phi) is 4.34. The number of oxime groups is 1. The van der Waals surface area contributed by atoms with Gasteiger partial charge in [-0.05, 0) is 24.1 Å². The molecule has 0 amide bonds. The molecule has 0 bridgehead atoms. The average molecular weight is 363 g/mol. The number of nitrogens with one attached hydrogen (secondary N) is 1. The summed E-state index contributed by atoms with van der Waals surface area (Å²) in [6.45, 7) is 3.90. The van der Waals surface area contributed by atoms with E-state index in [2.05, 4.69) is 10.3 Å². The second-order valence-electron chi connectivity index (χ2n) is 5.96. The molecule has 132 valence electrons. The first-order valence-corrected chi connectivity index (χ1v) is 8.77. The normalized spacial score (nSPS) is 20.3. The third-order valence-electron chi connectivity index (χ3n) is 4.49. The van der Waals surface area contributed by atoms with Gasteiger partial charge in [0.25, 0.3) is 5.56 Å². The Balaban J connectivity index is 2.21. The highest BCUT2D eigenvalue weighted by atomic mass is 32.2. The lowest BCUT2D eigenvalue weighted by Gasteiger charge is -2.24. The van der Waals surface area contributed by atoms with E-state index in [9.17, 15) is 18.0 Å². The number of rotatable bonds is 3. The van der Waals surface area contributed by atoms with E-state index in [1.807, 2.05) is 0 Å². The van der Waals surface area contributed by atoms with Gasteiger partial charge in [0, 0.05) is 31.2 Å². The molecule has 1 aromatic rings. The van der Waals surface area contributed by atoms with E-state index in [-0.39, 0.29) is 16.0 Å². The van der Waals surface area contributed by atoms with Crippen LogP contribution >= 0.6 is 0 Å². The molecule has 25 heavy (non-hydrogen) atoms. The summed E-state index contributed by atoms with van der Waals surface area (Å²) in [5.74, 6) is -0.962. The largest absolute Gasteiger partial charge is 0.395 e. The number of Topliss-reactive ketones (excluding diaryl/α,β-unsaturated/α-hetero) is 1. The second kappa shape index (κ2) is 6.32. The first kappa shape index (κ1) is 17.2. The lowest BCUT2D eigenvalue weighted by Crippen LogP contribution is -2.28. The molecule has 9 heteroatoms. The van der Waals surface area contributed by atoms with Gasteiger partial charge in [-0.2, -0.15) is 8.42 Å². The van der Waals surface area contributed by atoms with Crippen molar-refractivity contribution in [1.82, 2.24) is 9.78 Å². The number of carbonyl (C=O) groups excluding carboxylic acids is 1. The van der Waals surface area contributed by atoms with Crippen molar-refractivity contribution in [3.8, 4) is 0 Å². The molecule has 1 aliphatic carbocycles.